The predicted octanol–water partition coefficient (Wildman–Crippen LogP) is 6.19. The number of ether oxygens (including phenoxy) is 1. The molecule has 2 aliphatic heterocycles. The quantitative estimate of drug-likeness (QED) is 0.329. The van der Waals surface area contributed by atoms with Crippen molar-refractivity contribution >= 4 is 5.71 Å². The Hall–Kier alpha value is -3.46. The highest BCUT2D eigenvalue weighted by molar-refractivity contribution is 6.04. The van der Waals surface area contributed by atoms with E-state index in [0.29, 0.717) is 12.2 Å². The van der Waals surface area contributed by atoms with Crippen LogP contribution in [-0.2, 0) is 26.2 Å². The van der Waals surface area contributed by atoms with E-state index in [1.807, 2.05) is 12.1 Å². The zero-order chi connectivity index (χ0) is 26.3. The molecule has 0 bridgehead atoms. The summed E-state index contributed by atoms with van der Waals surface area (Å²) < 4.78 is 6.10. The lowest BCUT2D eigenvalue weighted by atomic mass is 9.88. The molecule has 38 heavy (non-hydrogen) atoms. The lowest BCUT2D eigenvalue weighted by Crippen LogP contribution is -2.33. The Kier molecular flexibility index (Phi) is 8.53. The van der Waals surface area contributed by atoms with E-state index < -0.39 is 0 Å². The highest BCUT2D eigenvalue weighted by atomic mass is 16.5. The van der Waals surface area contributed by atoms with Crippen LogP contribution in [0.25, 0.3) is 0 Å². The second-order valence-electron chi connectivity index (χ2n) is 10.9. The van der Waals surface area contributed by atoms with Crippen molar-refractivity contribution < 1.29 is 4.74 Å². The van der Waals surface area contributed by atoms with Gasteiger partial charge in [-0.2, -0.15) is 5.26 Å². The average Bonchev–Trinajstić information content (AvgIpc) is 3.36. The van der Waals surface area contributed by atoms with E-state index in [2.05, 4.69) is 72.4 Å². The standard InChI is InChI=1S/C33H38N4O/c1-36(2)23-32-28(24-38-29-12-8-26(20-34)9-13-29)11-14-30-31(32)21-35-33(30)15-10-25-16-18-37(19-17-25)22-27-6-4-3-5-7-27/h3-9,11-14,25H,10,15-19,21-24H2,1-2H3. The van der Waals surface area contributed by atoms with Gasteiger partial charge in [-0.15, -0.1) is 0 Å². The van der Waals surface area contributed by atoms with Crippen molar-refractivity contribution in [2.75, 3.05) is 27.2 Å². The smallest absolute Gasteiger partial charge is 0.119 e. The third-order valence-corrected chi connectivity index (χ3v) is 7.86. The fourth-order valence-electron chi connectivity index (χ4n) is 5.72. The second-order valence-corrected chi connectivity index (χ2v) is 10.9. The van der Waals surface area contributed by atoms with Gasteiger partial charge >= 0.3 is 0 Å². The molecule has 0 N–H and O–H groups in total. The number of hydrogen-bond acceptors (Lipinski definition) is 5. The van der Waals surface area contributed by atoms with Gasteiger partial charge in [-0.1, -0.05) is 42.5 Å². The van der Waals surface area contributed by atoms with Crippen LogP contribution in [0.2, 0.25) is 0 Å². The first-order valence-corrected chi connectivity index (χ1v) is 13.8. The molecule has 0 radical (unpaired) electrons. The number of rotatable bonds is 10. The molecule has 5 heteroatoms. The molecule has 0 amide bonds. The third kappa shape index (κ3) is 6.51. The van der Waals surface area contributed by atoms with E-state index >= 15 is 0 Å². The van der Waals surface area contributed by atoms with E-state index in [0.717, 1.165) is 37.7 Å². The van der Waals surface area contributed by atoms with Gasteiger partial charge in [0.15, 0.2) is 0 Å². The summed E-state index contributed by atoms with van der Waals surface area (Å²) in [7, 11) is 4.23. The van der Waals surface area contributed by atoms with E-state index in [4.69, 9.17) is 15.0 Å². The van der Waals surface area contributed by atoms with E-state index in [-0.39, 0.29) is 0 Å². The summed E-state index contributed by atoms with van der Waals surface area (Å²) >= 11 is 0. The van der Waals surface area contributed by atoms with Gasteiger partial charge in [0.25, 0.3) is 0 Å². The molecule has 0 unspecified atom stereocenters. The van der Waals surface area contributed by atoms with Crippen LogP contribution < -0.4 is 4.74 Å². The molecule has 1 fully saturated rings. The normalized spacial score (nSPS) is 15.8. The summed E-state index contributed by atoms with van der Waals surface area (Å²) in [5, 5.41) is 9.03. The van der Waals surface area contributed by atoms with Crippen LogP contribution in [0.5, 0.6) is 5.75 Å². The highest BCUT2D eigenvalue weighted by Crippen LogP contribution is 2.31. The molecule has 0 saturated carbocycles. The van der Waals surface area contributed by atoms with Gasteiger partial charge in [0.1, 0.15) is 12.4 Å². The maximum atomic E-state index is 9.03. The average molecular weight is 507 g/mol. The van der Waals surface area contributed by atoms with Gasteiger partial charge in [-0.05, 0) is 105 Å². The minimum Gasteiger partial charge on any atom is -0.489 e. The molecule has 3 aromatic rings. The van der Waals surface area contributed by atoms with Crippen LogP contribution in [0.3, 0.4) is 0 Å². The molecule has 5 nitrogen and oxygen atoms in total. The molecule has 0 atom stereocenters. The second kappa shape index (κ2) is 12.4. The van der Waals surface area contributed by atoms with Crippen LogP contribution in [0.15, 0.2) is 71.7 Å². The molecule has 2 aliphatic rings. The first kappa shape index (κ1) is 26.2. The van der Waals surface area contributed by atoms with Gasteiger partial charge < -0.3 is 9.64 Å². The van der Waals surface area contributed by atoms with Crippen LogP contribution in [0.4, 0.5) is 0 Å². The molecule has 196 valence electrons. The van der Waals surface area contributed by atoms with Crippen molar-refractivity contribution in [3.8, 4) is 11.8 Å². The number of aliphatic imine (C=N–C) groups is 1. The molecule has 0 aromatic heterocycles. The number of likely N-dealkylation sites (tertiary alicyclic amines) is 1. The summed E-state index contributed by atoms with van der Waals surface area (Å²) in [5.41, 5.74) is 8.60. The topological polar surface area (TPSA) is 51.9 Å². The lowest BCUT2D eigenvalue weighted by Gasteiger charge is -2.32. The lowest BCUT2D eigenvalue weighted by molar-refractivity contribution is 0.173. The maximum Gasteiger partial charge on any atom is 0.119 e. The first-order chi connectivity index (χ1) is 18.6. The highest BCUT2D eigenvalue weighted by Gasteiger charge is 2.24. The summed E-state index contributed by atoms with van der Waals surface area (Å²) in [6.45, 7) is 5.61. The Morgan fingerprint density at radius 1 is 1.00 bits per heavy atom. The van der Waals surface area contributed by atoms with Crippen LogP contribution in [0.1, 0.15) is 59.1 Å². The van der Waals surface area contributed by atoms with Crippen molar-refractivity contribution in [1.82, 2.24) is 9.80 Å². The zero-order valence-corrected chi connectivity index (χ0v) is 22.7. The molecular weight excluding hydrogens is 468 g/mol. The minimum absolute atomic E-state index is 0.513. The van der Waals surface area contributed by atoms with Gasteiger partial charge in [-0.3, -0.25) is 9.89 Å². The Balaban J connectivity index is 1.18. The monoisotopic (exact) mass is 506 g/mol. The third-order valence-electron chi connectivity index (χ3n) is 7.86. The zero-order valence-electron chi connectivity index (χ0n) is 22.7. The Morgan fingerprint density at radius 2 is 1.76 bits per heavy atom. The van der Waals surface area contributed by atoms with Crippen molar-refractivity contribution in [3.05, 3.63) is 100 Å². The molecule has 1 saturated heterocycles. The van der Waals surface area contributed by atoms with Crippen LogP contribution >= 0.6 is 0 Å². The maximum absolute atomic E-state index is 9.03. The van der Waals surface area contributed by atoms with E-state index in [1.165, 1.54) is 65.9 Å². The fourth-order valence-corrected chi connectivity index (χ4v) is 5.72. The Bertz CT molecular complexity index is 1280. The van der Waals surface area contributed by atoms with Crippen molar-refractivity contribution in [3.63, 3.8) is 0 Å². The Labute approximate surface area is 227 Å². The van der Waals surface area contributed by atoms with Gasteiger partial charge in [0, 0.05) is 24.4 Å². The first-order valence-electron chi connectivity index (χ1n) is 13.8. The van der Waals surface area contributed by atoms with Crippen molar-refractivity contribution in [2.24, 2.45) is 10.9 Å². The molecule has 0 spiro atoms. The summed E-state index contributed by atoms with van der Waals surface area (Å²) in [4.78, 5) is 9.85. The van der Waals surface area contributed by atoms with Gasteiger partial charge in [-0.25, -0.2) is 0 Å². The molecule has 3 aromatic carbocycles. The molecular formula is C33H38N4O. The fraction of sp³-hybridized carbons (Fsp3) is 0.394. The van der Waals surface area contributed by atoms with Crippen LogP contribution in [-0.4, -0.2) is 42.7 Å². The predicted molar refractivity (Wildman–Crippen MR) is 153 cm³/mol. The van der Waals surface area contributed by atoms with Gasteiger partial charge in [0.2, 0.25) is 0 Å². The Morgan fingerprint density at radius 3 is 2.47 bits per heavy atom. The van der Waals surface area contributed by atoms with E-state index in [1.54, 1.807) is 12.1 Å². The molecule has 0 aliphatic carbocycles. The largest absolute Gasteiger partial charge is 0.489 e. The van der Waals surface area contributed by atoms with Crippen molar-refractivity contribution in [2.45, 2.75) is 51.9 Å². The minimum atomic E-state index is 0.513. The summed E-state index contributed by atoms with van der Waals surface area (Å²) in [6.07, 6.45) is 4.86. The SMILES string of the molecule is CN(C)Cc1c(COc2ccc(C#N)cc2)ccc2c1CN=C2CCC1CCN(Cc2ccccc2)CC1. The number of benzene rings is 3. The number of nitrogens with zero attached hydrogens (tertiary/aromatic N) is 4. The summed E-state index contributed by atoms with van der Waals surface area (Å²) in [5.74, 6) is 1.57. The van der Waals surface area contributed by atoms with Crippen LogP contribution in [0, 0.1) is 17.2 Å². The van der Waals surface area contributed by atoms with Gasteiger partial charge in [0.05, 0.1) is 18.2 Å². The van der Waals surface area contributed by atoms with E-state index in [9.17, 15) is 0 Å². The van der Waals surface area contributed by atoms with Crippen molar-refractivity contribution in [1.29, 1.82) is 5.26 Å². The number of fused-ring (bicyclic) bond motifs is 1. The summed E-state index contributed by atoms with van der Waals surface area (Å²) in [6, 6.07) is 24.8. The number of hydrogen-bond donors (Lipinski definition) is 0. The molecule has 5 rings (SSSR count). The number of nitriles is 1. The molecule has 2 heterocycles. The number of piperidine rings is 1.